The first kappa shape index (κ1) is 25.8. The Morgan fingerprint density at radius 1 is 1.16 bits per heavy atom. The maximum Gasteiger partial charge on any atom is 0.282 e. The Morgan fingerprint density at radius 2 is 1.92 bits per heavy atom. The van der Waals surface area contributed by atoms with Gasteiger partial charge in [0.1, 0.15) is 11.5 Å². The molecule has 3 aromatic rings. The maximum atomic E-state index is 13.9. The van der Waals surface area contributed by atoms with Crippen molar-refractivity contribution in [3.8, 4) is 0 Å². The lowest BCUT2D eigenvalue weighted by Gasteiger charge is -2.30. The Balaban J connectivity index is 1.34. The van der Waals surface area contributed by atoms with Gasteiger partial charge < -0.3 is 10.4 Å². The van der Waals surface area contributed by atoms with E-state index in [1.807, 2.05) is 0 Å². The number of fused-ring (bicyclic) bond motifs is 1. The van der Waals surface area contributed by atoms with Crippen LogP contribution in [-0.4, -0.2) is 47.4 Å². The number of aliphatic hydroxyl groups is 1. The molecule has 0 saturated heterocycles. The predicted octanol–water partition coefficient (Wildman–Crippen LogP) is 5.39. The summed E-state index contributed by atoms with van der Waals surface area (Å²) >= 11 is 0. The van der Waals surface area contributed by atoms with Gasteiger partial charge in [-0.3, -0.25) is 9.48 Å². The number of ketones is 1. The van der Waals surface area contributed by atoms with Gasteiger partial charge in [0.2, 0.25) is 0 Å². The van der Waals surface area contributed by atoms with Crippen LogP contribution in [0.2, 0.25) is 0 Å². The van der Waals surface area contributed by atoms with Crippen LogP contribution < -0.4 is 5.32 Å². The lowest BCUT2D eigenvalue weighted by Crippen LogP contribution is -2.36. The lowest BCUT2D eigenvalue weighted by atomic mass is 9.80. The van der Waals surface area contributed by atoms with Gasteiger partial charge in [-0.05, 0) is 56.4 Å². The summed E-state index contributed by atoms with van der Waals surface area (Å²) < 4.78 is 30.9. The van der Waals surface area contributed by atoms with Gasteiger partial charge >= 0.3 is 0 Å². The number of nitrogens with one attached hydrogen (secondary N) is 1. The summed E-state index contributed by atoms with van der Waals surface area (Å²) in [5.74, 6) is 1.49. The van der Waals surface area contributed by atoms with Crippen LogP contribution in [0.3, 0.4) is 0 Å². The van der Waals surface area contributed by atoms with Crippen LogP contribution in [0.25, 0.3) is 5.65 Å². The summed E-state index contributed by atoms with van der Waals surface area (Å²) in [7, 11) is 0. The average molecular weight is 515 g/mol. The van der Waals surface area contributed by atoms with Gasteiger partial charge in [-0.15, -0.1) is 0 Å². The number of Topliss-reactive ketones (excluding diaryl/α,β-unsaturated/α-hetero) is 1. The molecule has 3 heterocycles. The lowest BCUT2D eigenvalue weighted by molar-refractivity contribution is 0.0992. The molecule has 5 rings (SSSR count). The van der Waals surface area contributed by atoms with E-state index < -0.39 is 12.5 Å². The number of carbonyl (C=O) groups is 1. The second-order valence-electron chi connectivity index (χ2n) is 11.0. The van der Waals surface area contributed by atoms with Crippen molar-refractivity contribution in [2.45, 2.75) is 96.2 Å². The molecule has 0 aromatic carbocycles. The smallest absolute Gasteiger partial charge is 0.282 e. The number of carbonyl (C=O) groups excluding carboxylic acids is 1. The summed E-state index contributed by atoms with van der Waals surface area (Å²) in [6.07, 6.45) is 8.94. The van der Waals surface area contributed by atoms with Crippen molar-refractivity contribution in [3.05, 3.63) is 41.5 Å². The molecule has 200 valence electrons. The number of nitrogens with zero attached hydrogens (tertiary/aromatic N) is 5. The Hall–Kier alpha value is -2.88. The predicted molar refractivity (Wildman–Crippen MR) is 136 cm³/mol. The van der Waals surface area contributed by atoms with Crippen LogP contribution in [0.1, 0.15) is 99.3 Å². The molecule has 2 N–H and O–H groups in total. The maximum absolute atomic E-state index is 13.9. The molecular weight excluding hydrogens is 478 g/mol. The van der Waals surface area contributed by atoms with Crippen LogP contribution in [0.15, 0.2) is 24.7 Å². The van der Waals surface area contributed by atoms with Crippen molar-refractivity contribution >= 4 is 17.2 Å². The second-order valence-corrected chi connectivity index (χ2v) is 11.0. The Morgan fingerprint density at radius 3 is 2.62 bits per heavy atom. The van der Waals surface area contributed by atoms with Gasteiger partial charge in [0.25, 0.3) is 6.43 Å². The first-order valence-electron chi connectivity index (χ1n) is 13.5. The van der Waals surface area contributed by atoms with E-state index in [0.29, 0.717) is 23.3 Å². The Kier molecular flexibility index (Phi) is 7.55. The molecule has 0 unspecified atom stereocenters. The molecule has 8 nitrogen and oxygen atoms in total. The number of halogens is 2. The largest absolute Gasteiger partial charge is 0.391 e. The van der Waals surface area contributed by atoms with E-state index in [1.165, 1.54) is 10.7 Å². The highest BCUT2D eigenvalue weighted by molar-refractivity contribution is 6.02. The molecule has 2 fully saturated rings. The minimum Gasteiger partial charge on any atom is -0.391 e. The van der Waals surface area contributed by atoms with E-state index in [-0.39, 0.29) is 41.1 Å². The van der Waals surface area contributed by atoms with E-state index in [4.69, 9.17) is 0 Å². The topological polar surface area (TPSA) is 97.3 Å². The number of aliphatic hydroxyl groups excluding tert-OH is 1. The fourth-order valence-electron chi connectivity index (χ4n) is 5.87. The highest BCUT2D eigenvalue weighted by atomic mass is 19.3. The molecule has 3 aromatic heterocycles. The first-order valence-corrected chi connectivity index (χ1v) is 13.5. The van der Waals surface area contributed by atoms with Crippen molar-refractivity contribution in [1.82, 2.24) is 24.4 Å². The fraction of sp³-hybridized carbons (Fsp3) is 0.630. The van der Waals surface area contributed by atoms with E-state index in [2.05, 4.69) is 34.3 Å². The van der Waals surface area contributed by atoms with Crippen LogP contribution in [0.4, 0.5) is 14.6 Å². The molecule has 0 amide bonds. The minimum absolute atomic E-state index is 0.0822. The van der Waals surface area contributed by atoms with Crippen LogP contribution >= 0.6 is 0 Å². The highest BCUT2D eigenvalue weighted by Gasteiger charge is 2.29. The summed E-state index contributed by atoms with van der Waals surface area (Å²) in [5, 5.41) is 22.0. The van der Waals surface area contributed by atoms with Crippen LogP contribution in [0, 0.1) is 11.8 Å². The van der Waals surface area contributed by atoms with Gasteiger partial charge in [-0.1, -0.05) is 26.7 Å². The molecule has 37 heavy (non-hydrogen) atoms. The zero-order valence-electron chi connectivity index (χ0n) is 21.5. The zero-order chi connectivity index (χ0) is 26.1. The third kappa shape index (κ3) is 5.54. The molecule has 0 radical (unpaired) electrons. The van der Waals surface area contributed by atoms with E-state index >= 15 is 0 Å². The zero-order valence-corrected chi connectivity index (χ0v) is 21.5. The van der Waals surface area contributed by atoms with E-state index in [9.17, 15) is 18.7 Å². The standard InChI is InChI=1S/C27H36F2N6O2/c1-16(2)17-7-9-19(10-8-17)35-15-18(25(33-35)26(28)29)13-23(37)20-14-30-34-12-11-24(32-27(20)34)31-21-5-3-4-6-22(21)36/h11-12,14-17,19,21-22,26,36H,3-10,13H2,1-2H3,(H,31,32)/t17?,19?,21-,22+/m1/s1. The number of anilines is 1. The third-order valence-corrected chi connectivity index (χ3v) is 8.19. The van der Waals surface area contributed by atoms with Crippen molar-refractivity contribution in [3.63, 3.8) is 0 Å². The molecule has 0 aliphatic heterocycles. The summed E-state index contributed by atoms with van der Waals surface area (Å²) in [6, 6.07) is 1.74. The Bertz CT molecular complexity index is 1230. The number of alkyl halides is 2. The van der Waals surface area contributed by atoms with Gasteiger partial charge in [0, 0.05) is 24.4 Å². The number of hydrogen-bond acceptors (Lipinski definition) is 6. The molecule has 2 saturated carbocycles. The summed E-state index contributed by atoms with van der Waals surface area (Å²) in [4.78, 5) is 17.9. The normalized spacial score (nSPS) is 24.7. The van der Waals surface area contributed by atoms with E-state index in [1.54, 1.807) is 23.1 Å². The van der Waals surface area contributed by atoms with Gasteiger partial charge in [0.05, 0.1) is 29.9 Å². The van der Waals surface area contributed by atoms with Crippen LogP contribution in [-0.2, 0) is 6.42 Å². The molecule has 2 aliphatic rings. The Labute approximate surface area is 215 Å². The molecule has 2 aliphatic carbocycles. The number of hydrogen-bond donors (Lipinski definition) is 2. The quantitative estimate of drug-likeness (QED) is 0.391. The SMILES string of the molecule is CC(C)C1CCC(n2cc(CC(=O)c3cnn4ccc(N[C@@H]5CCCC[C@@H]5O)nc34)c(C(F)F)n2)CC1. The monoisotopic (exact) mass is 514 g/mol. The second kappa shape index (κ2) is 10.8. The van der Waals surface area contributed by atoms with Crippen LogP contribution in [0.5, 0.6) is 0 Å². The fourth-order valence-corrected chi connectivity index (χ4v) is 5.87. The van der Waals surface area contributed by atoms with Crippen molar-refractivity contribution in [2.75, 3.05) is 5.32 Å². The van der Waals surface area contributed by atoms with E-state index in [0.717, 1.165) is 51.4 Å². The van der Waals surface area contributed by atoms with Crippen molar-refractivity contribution < 1.29 is 18.7 Å². The number of aromatic nitrogens is 5. The highest BCUT2D eigenvalue weighted by Crippen LogP contribution is 2.36. The average Bonchev–Trinajstić information content (AvgIpc) is 3.50. The van der Waals surface area contributed by atoms with Crippen molar-refractivity contribution in [2.24, 2.45) is 11.8 Å². The summed E-state index contributed by atoms with van der Waals surface area (Å²) in [5.41, 5.74) is 0.568. The summed E-state index contributed by atoms with van der Waals surface area (Å²) in [6.45, 7) is 4.45. The third-order valence-electron chi connectivity index (χ3n) is 8.19. The van der Waals surface area contributed by atoms with Gasteiger partial charge in [-0.2, -0.15) is 10.2 Å². The molecule has 0 bridgehead atoms. The number of rotatable bonds is 8. The minimum atomic E-state index is -2.75. The van der Waals surface area contributed by atoms with Crippen molar-refractivity contribution in [1.29, 1.82) is 0 Å². The molecule has 2 atom stereocenters. The molecule has 10 heteroatoms. The van der Waals surface area contributed by atoms with Gasteiger partial charge in [0.15, 0.2) is 11.4 Å². The van der Waals surface area contributed by atoms with Gasteiger partial charge in [-0.25, -0.2) is 18.3 Å². The molecular formula is C27H36F2N6O2. The first-order chi connectivity index (χ1) is 17.8. The molecule has 0 spiro atoms.